The molecule has 0 bridgehead atoms. The Balaban J connectivity index is 1.47. The summed E-state index contributed by atoms with van der Waals surface area (Å²) in [5, 5.41) is 8.70. The number of hydrogen-bond donors (Lipinski definition) is 0. The fourth-order valence-corrected chi connectivity index (χ4v) is 5.09. The van der Waals surface area contributed by atoms with Gasteiger partial charge in [-0.3, -0.25) is 9.97 Å². The number of benzene rings is 5. The van der Waals surface area contributed by atoms with Crippen molar-refractivity contribution >= 4 is 43.2 Å². The number of aromatic nitrogens is 2. The van der Waals surface area contributed by atoms with E-state index in [4.69, 9.17) is 4.98 Å². The molecule has 0 aliphatic heterocycles. The van der Waals surface area contributed by atoms with Crippen LogP contribution in [0.5, 0.6) is 0 Å². The van der Waals surface area contributed by atoms with Crippen molar-refractivity contribution in [3.63, 3.8) is 0 Å². The quantitative estimate of drug-likeness (QED) is 0.256. The smallest absolute Gasteiger partial charge is 0.0714 e. The Bertz CT molecular complexity index is 1870. The zero-order valence-corrected chi connectivity index (χ0v) is 18.4. The lowest BCUT2D eigenvalue weighted by Crippen LogP contribution is -1.90. The van der Waals surface area contributed by atoms with Crippen LogP contribution >= 0.6 is 0 Å². The molecule has 0 amide bonds. The second kappa shape index (κ2) is 7.50. The number of pyridine rings is 2. The summed E-state index contributed by atoms with van der Waals surface area (Å²) in [5.41, 5.74) is 5.41. The second-order valence-corrected chi connectivity index (χ2v) is 8.70. The van der Waals surface area contributed by atoms with E-state index in [1.807, 2.05) is 18.5 Å². The van der Waals surface area contributed by atoms with Gasteiger partial charge < -0.3 is 0 Å². The molecule has 158 valence electrons. The third kappa shape index (κ3) is 2.96. The fraction of sp³-hybridized carbons (Fsp3) is 0. The van der Waals surface area contributed by atoms with Crippen molar-refractivity contribution in [3.05, 3.63) is 122 Å². The predicted octanol–water partition coefficient (Wildman–Crippen LogP) is 8.42. The molecule has 0 aliphatic carbocycles. The molecule has 0 saturated carbocycles. The highest BCUT2D eigenvalue weighted by Crippen LogP contribution is 2.38. The summed E-state index contributed by atoms with van der Waals surface area (Å²) in [6, 6.07) is 38.8. The highest BCUT2D eigenvalue weighted by atomic mass is 14.7. The molecule has 0 atom stereocenters. The molecule has 2 heteroatoms. The average Bonchev–Trinajstić information content (AvgIpc) is 2.92. The van der Waals surface area contributed by atoms with Crippen molar-refractivity contribution in [1.29, 1.82) is 0 Å². The summed E-state index contributed by atoms with van der Waals surface area (Å²) in [7, 11) is 0. The normalized spacial score (nSPS) is 11.5. The monoisotopic (exact) mass is 432 g/mol. The van der Waals surface area contributed by atoms with E-state index < -0.39 is 0 Å². The van der Waals surface area contributed by atoms with E-state index in [9.17, 15) is 0 Å². The first-order valence-electron chi connectivity index (χ1n) is 11.5. The first-order chi connectivity index (χ1) is 16.8. The van der Waals surface area contributed by atoms with E-state index in [0.717, 1.165) is 33.3 Å². The third-order valence-electron chi connectivity index (χ3n) is 6.72. The molecule has 34 heavy (non-hydrogen) atoms. The van der Waals surface area contributed by atoms with Crippen molar-refractivity contribution in [2.75, 3.05) is 0 Å². The molecule has 0 spiro atoms. The SMILES string of the molecule is c1cnc2cc(-c3ccnc(-c4cc5ccc6ccccc6c5c5ccccc45)c3)ccc2c1. The van der Waals surface area contributed by atoms with Gasteiger partial charge in [0.15, 0.2) is 0 Å². The van der Waals surface area contributed by atoms with Crippen molar-refractivity contribution in [3.8, 4) is 22.4 Å². The number of fused-ring (bicyclic) bond motifs is 6. The fourth-order valence-electron chi connectivity index (χ4n) is 5.09. The summed E-state index contributed by atoms with van der Waals surface area (Å²) >= 11 is 0. The minimum absolute atomic E-state index is 0.977. The molecule has 0 saturated heterocycles. The molecule has 2 aromatic heterocycles. The topological polar surface area (TPSA) is 25.8 Å². The summed E-state index contributed by atoms with van der Waals surface area (Å²) in [6.07, 6.45) is 3.75. The Morgan fingerprint density at radius 1 is 0.441 bits per heavy atom. The maximum absolute atomic E-state index is 4.80. The van der Waals surface area contributed by atoms with Gasteiger partial charge in [-0.15, -0.1) is 0 Å². The van der Waals surface area contributed by atoms with E-state index in [1.54, 1.807) is 0 Å². The van der Waals surface area contributed by atoms with Crippen molar-refractivity contribution in [2.24, 2.45) is 0 Å². The maximum Gasteiger partial charge on any atom is 0.0714 e. The van der Waals surface area contributed by atoms with Crippen LogP contribution in [0.3, 0.4) is 0 Å². The van der Waals surface area contributed by atoms with Gasteiger partial charge in [-0.1, -0.05) is 78.9 Å². The average molecular weight is 433 g/mol. The predicted molar refractivity (Wildman–Crippen MR) is 143 cm³/mol. The highest BCUT2D eigenvalue weighted by molar-refractivity contribution is 6.23. The van der Waals surface area contributed by atoms with Crippen LogP contribution in [0, 0.1) is 0 Å². The van der Waals surface area contributed by atoms with Crippen LogP contribution in [-0.4, -0.2) is 9.97 Å². The first-order valence-corrected chi connectivity index (χ1v) is 11.5. The van der Waals surface area contributed by atoms with Gasteiger partial charge in [0.1, 0.15) is 0 Å². The molecular formula is C32H20N2. The summed E-state index contributed by atoms with van der Waals surface area (Å²) < 4.78 is 0. The van der Waals surface area contributed by atoms with Crippen LogP contribution in [0.25, 0.3) is 65.6 Å². The Labute approximate surface area is 197 Å². The van der Waals surface area contributed by atoms with Gasteiger partial charge in [0.05, 0.1) is 11.2 Å². The lowest BCUT2D eigenvalue weighted by atomic mass is 9.91. The highest BCUT2D eigenvalue weighted by Gasteiger charge is 2.12. The van der Waals surface area contributed by atoms with Gasteiger partial charge in [-0.2, -0.15) is 0 Å². The lowest BCUT2D eigenvalue weighted by Gasteiger charge is -2.13. The Hall–Kier alpha value is -4.56. The Kier molecular flexibility index (Phi) is 4.18. The minimum Gasteiger partial charge on any atom is -0.256 e. The van der Waals surface area contributed by atoms with Gasteiger partial charge in [0, 0.05) is 23.3 Å². The number of rotatable bonds is 2. The van der Waals surface area contributed by atoms with Crippen molar-refractivity contribution < 1.29 is 0 Å². The summed E-state index contributed by atoms with van der Waals surface area (Å²) in [6.45, 7) is 0. The van der Waals surface area contributed by atoms with E-state index in [1.165, 1.54) is 32.3 Å². The van der Waals surface area contributed by atoms with Gasteiger partial charge in [-0.05, 0) is 73.8 Å². The standard InChI is InChI=1S/C32H20N2/c1-2-8-26-21(6-1)11-14-25-18-29(27-9-3-4-10-28(27)32(25)26)31-20-24(15-17-34-31)23-13-12-22-7-5-16-33-30(22)19-23/h1-20H. The first kappa shape index (κ1) is 19.0. The minimum atomic E-state index is 0.977. The van der Waals surface area contributed by atoms with Crippen molar-refractivity contribution in [2.45, 2.75) is 0 Å². The van der Waals surface area contributed by atoms with Gasteiger partial charge in [0.2, 0.25) is 0 Å². The lowest BCUT2D eigenvalue weighted by molar-refractivity contribution is 1.33. The molecule has 7 aromatic rings. The molecule has 2 nitrogen and oxygen atoms in total. The molecule has 0 radical (unpaired) electrons. The molecule has 0 N–H and O–H groups in total. The molecule has 0 aliphatic rings. The van der Waals surface area contributed by atoms with Crippen LogP contribution in [0.2, 0.25) is 0 Å². The molecular weight excluding hydrogens is 412 g/mol. The van der Waals surface area contributed by atoms with Gasteiger partial charge in [-0.25, -0.2) is 0 Å². The molecule has 2 heterocycles. The van der Waals surface area contributed by atoms with Crippen LogP contribution in [0.1, 0.15) is 0 Å². The van der Waals surface area contributed by atoms with Crippen LogP contribution in [0.15, 0.2) is 122 Å². The van der Waals surface area contributed by atoms with Crippen LogP contribution in [-0.2, 0) is 0 Å². The number of nitrogens with zero attached hydrogens (tertiary/aromatic N) is 2. The van der Waals surface area contributed by atoms with Gasteiger partial charge in [0.25, 0.3) is 0 Å². The van der Waals surface area contributed by atoms with E-state index in [2.05, 4.69) is 108 Å². The molecule has 0 unspecified atom stereocenters. The molecule has 0 fully saturated rings. The Morgan fingerprint density at radius 2 is 1.18 bits per heavy atom. The van der Waals surface area contributed by atoms with Crippen LogP contribution in [0.4, 0.5) is 0 Å². The van der Waals surface area contributed by atoms with E-state index in [0.29, 0.717) is 0 Å². The summed E-state index contributed by atoms with van der Waals surface area (Å²) in [4.78, 5) is 9.33. The molecule has 7 rings (SSSR count). The second-order valence-electron chi connectivity index (χ2n) is 8.70. The zero-order valence-electron chi connectivity index (χ0n) is 18.4. The van der Waals surface area contributed by atoms with Crippen molar-refractivity contribution in [1.82, 2.24) is 9.97 Å². The largest absolute Gasteiger partial charge is 0.256 e. The van der Waals surface area contributed by atoms with E-state index >= 15 is 0 Å². The number of hydrogen-bond acceptors (Lipinski definition) is 2. The van der Waals surface area contributed by atoms with Gasteiger partial charge >= 0.3 is 0 Å². The Morgan fingerprint density at radius 3 is 2.12 bits per heavy atom. The summed E-state index contributed by atoms with van der Waals surface area (Å²) in [5.74, 6) is 0. The zero-order chi connectivity index (χ0) is 22.5. The molecule has 5 aromatic carbocycles. The van der Waals surface area contributed by atoms with Crippen LogP contribution < -0.4 is 0 Å². The van der Waals surface area contributed by atoms with E-state index in [-0.39, 0.29) is 0 Å². The third-order valence-corrected chi connectivity index (χ3v) is 6.72. The maximum atomic E-state index is 4.80.